The minimum absolute atomic E-state index is 0.0765. The monoisotopic (exact) mass is 453 g/mol. The number of nitrogens with one attached hydrogen (secondary N) is 4. The Morgan fingerprint density at radius 3 is 2.69 bits per heavy atom. The average molecular weight is 454 g/mol. The maximum Gasteiger partial charge on any atom is 0.439 e. The fourth-order valence-electron chi connectivity index (χ4n) is 3.29. The normalized spacial score (nSPS) is 10.9. The molecule has 0 spiro atoms. The molecule has 4 N–H and O–H groups in total. The van der Waals surface area contributed by atoms with E-state index >= 15 is 0 Å². The topological polar surface area (TPSA) is 133 Å². The number of rotatable bonds is 7. The van der Waals surface area contributed by atoms with Gasteiger partial charge in [-0.25, -0.2) is 4.79 Å². The molecule has 0 aliphatic carbocycles. The van der Waals surface area contributed by atoms with Crippen LogP contribution in [0.5, 0.6) is 0 Å². The number of para-hydroxylation sites is 1. The molecule has 10 heteroatoms. The van der Waals surface area contributed by atoms with Gasteiger partial charge in [-0.05, 0) is 36.8 Å². The number of carbonyl (C=O) groups is 2. The molecule has 0 saturated heterocycles. The SMILES string of the molecule is CCCCC(=O)Nc1cccc2cc(C(=O)Nc3ccc(Cl)cc3-c3noc(=O)[nH]3)[nH]c12. The second kappa shape index (κ2) is 9.11. The van der Waals surface area contributed by atoms with E-state index in [-0.39, 0.29) is 11.7 Å². The zero-order chi connectivity index (χ0) is 22.7. The van der Waals surface area contributed by atoms with Crippen LogP contribution in [0.25, 0.3) is 22.3 Å². The van der Waals surface area contributed by atoms with Crippen molar-refractivity contribution in [1.82, 2.24) is 15.1 Å². The Morgan fingerprint density at radius 1 is 1.09 bits per heavy atom. The van der Waals surface area contributed by atoms with E-state index in [4.69, 9.17) is 11.6 Å². The number of amides is 2. The number of hydrogen-bond acceptors (Lipinski definition) is 5. The summed E-state index contributed by atoms with van der Waals surface area (Å²) in [6, 6.07) is 11.9. The molecule has 2 heterocycles. The first-order chi connectivity index (χ1) is 15.4. The Kier molecular flexibility index (Phi) is 6.09. The van der Waals surface area contributed by atoms with Gasteiger partial charge in [0.2, 0.25) is 5.91 Å². The highest BCUT2D eigenvalue weighted by molar-refractivity contribution is 6.31. The first kappa shape index (κ1) is 21.4. The van der Waals surface area contributed by atoms with Gasteiger partial charge < -0.3 is 15.6 Å². The second-order valence-corrected chi connectivity index (χ2v) is 7.63. The van der Waals surface area contributed by atoms with Gasteiger partial charge in [-0.2, -0.15) is 0 Å². The van der Waals surface area contributed by atoms with E-state index in [1.54, 1.807) is 30.3 Å². The quantitative estimate of drug-likeness (QED) is 0.326. The number of aromatic amines is 2. The van der Waals surface area contributed by atoms with E-state index < -0.39 is 11.7 Å². The maximum atomic E-state index is 13.0. The van der Waals surface area contributed by atoms with Gasteiger partial charge in [0, 0.05) is 22.4 Å². The highest BCUT2D eigenvalue weighted by atomic mass is 35.5. The van der Waals surface area contributed by atoms with Crippen molar-refractivity contribution >= 4 is 45.7 Å². The van der Waals surface area contributed by atoms with Gasteiger partial charge in [-0.15, -0.1) is 0 Å². The van der Waals surface area contributed by atoms with Gasteiger partial charge >= 0.3 is 5.76 Å². The van der Waals surface area contributed by atoms with Crippen molar-refractivity contribution in [3.05, 3.63) is 63.7 Å². The molecule has 9 nitrogen and oxygen atoms in total. The molecule has 32 heavy (non-hydrogen) atoms. The lowest BCUT2D eigenvalue weighted by Crippen LogP contribution is -2.13. The zero-order valence-electron chi connectivity index (χ0n) is 17.1. The van der Waals surface area contributed by atoms with E-state index in [9.17, 15) is 14.4 Å². The van der Waals surface area contributed by atoms with E-state index in [0.29, 0.717) is 39.6 Å². The van der Waals surface area contributed by atoms with Crippen molar-refractivity contribution in [2.75, 3.05) is 10.6 Å². The van der Waals surface area contributed by atoms with Crippen LogP contribution in [0, 0.1) is 0 Å². The largest absolute Gasteiger partial charge is 0.439 e. The molecule has 0 unspecified atom stereocenters. The lowest BCUT2D eigenvalue weighted by molar-refractivity contribution is -0.116. The predicted molar refractivity (Wildman–Crippen MR) is 122 cm³/mol. The van der Waals surface area contributed by atoms with Gasteiger partial charge in [0.25, 0.3) is 5.91 Å². The van der Waals surface area contributed by atoms with Crippen LogP contribution in [0.1, 0.15) is 36.7 Å². The smallest absolute Gasteiger partial charge is 0.349 e. The summed E-state index contributed by atoms with van der Waals surface area (Å²) >= 11 is 6.07. The summed E-state index contributed by atoms with van der Waals surface area (Å²) in [5.41, 5.74) is 2.34. The van der Waals surface area contributed by atoms with Crippen LogP contribution >= 0.6 is 11.6 Å². The molecule has 0 saturated carbocycles. The molecule has 4 rings (SSSR count). The van der Waals surface area contributed by atoms with Crippen molar-refractivity contribution in [2.24, 2.45) is 0 Å². The van der Waals surface area contributed by atoms with Crippen LogP contribution in [-0.4, -0.2) is 26.9 Å². The summed E-state index contributed by atoms with van der Waals surface area (Å²) in [5, 5.41) is 10.5. The molecule has 164 valence electrons. The lowest BCUT2D eigenvalue weighted by Gasteiger charge is -2.09. The van der Waals surface area contributed by atoms with Gasteiger partial charge in [0.1, 0.15) is 5.69 Å². The molecule has 2 amide bonds. The third-order valence-electron chi connectivity index (χ3n) is 4.86. The first-order valence-electron chi connectivity index (χ1n) is 10.0. The van der Waals surface area contributed by atoms with Crippen LogP contribution in [0.4, 0.5) is 11.4 Å². The summed E-state index contributed by atoms with van der Waals surface area (Å²) in [6.45, 7) is 2.02. The lowest BCUT2D eigenvalue weighted by atomic mass is 10.1. The Bertz CT molecular complexity index is 1350. The molecule has 0 atom stereocenters. The van der Waals surface area contributed by atoms with Crippen molar-refractivity contribution in [3.8, 4) is 11.4 Å². The van der Waals surface area contributed by atoms with E-state index in [1.165, 1.54) is 0 Å². The number of aromatic nitrogens is 3. The van der Waals surface area contributed by atoms with Crippen molar-refractivity contribution < 1.29 is 14.1 Å². The number of H-pyrrole nitrogens is 2. The Hall–Kier alpha value is -3.85. The van der Waals surface area contributed by atoms with Crippen LogP contribution in [0.2, 0.25) is 5.02 Å². The predicted octanol–water partition coefficient (Wildman–Crippen LogP) is 4.55. The highest BCUT2D eigenvalue weighted by Crippen LogP contribution is 2.29. The molecule has 4 aromatic rings. The van der Waals surface area contributed by atoms with E-state index in [2.05, 4.69) is 30.3 Å². The van der Waals surface area contributed by atoms with Crippen LogP contribution in [-0.2, 0) is 4.79 Å². The van der Waals surface area contributed by atoms with Crippen molar-refractivity contribution in [1.29, 1.82) is 0 Å². The summed E-state index contributed by atoms with van der Waals surface area (Å²) in [6.07, 6.45) is 2.17. The Balaban J connectivity index is 1.61. The molecule has 0 radical (unpaired) electrons. The maximum absolute atomic E-state index is 13.0. The summed E-state index contributed by atoms with van der Waals surface area (Å²) in [4.78, 5) is 41.9. The summed E-state index contributed by atoms with van der Waals surface area (Å²) < 4.78 is 4.56. The fourth-order valence-corrected chi connectivity index (χ4v) is 3.46. The molecular formula is C22H20ClN5O4. The number of unbranched alkanes of at least 4 members (excludes halogenated alkanes) is 1. The number of hydrogen-bond donors (Lipinski definition) is 4. The number of carbonyl (C=O) groups excluding carboxylic acids is 2. The first-order valence-corrected chi connectivity index (χ1v) is 10.4. The number of nitrogens with zero attached hydrogens (tertiary/aromatic N) is 1. The molecule has 0 bridgehead atoms. The minimum Gasteiger partial charge on any atom is -0.349 e. The molecular weight excluding hydrogens is 434 g/mol. The Morgan fingerprint density at radius 2 is 1.94 bits per heavy atom. The van der Waals surface area contributed by atoms with Crippen molar-refractivity contribution in [3.63, 3.8) is 0 Å². The molecule has 0 aliphatic rings. The van der Waals surface area contributed by atoms with Gasteiger partial charge in [-0.1, -0.05) is 42.2 Å². The number of fused-ring (bicyclic) bond motifs is 1. The summed E-state index contributed by atoms with van der Waals surface area (Å²) in [7, 11) is 0. The van der Waals surface area contributed by atoms with Gasteiger partial charge in [0.05, 0.1) is 16.9 Å². The van der Waals surface area contributed by atoms with Gasteiger partial charge in [-0.3, -0.25) is 19.1 Å². The fraction of sp³-hybridized carbons (Fsp3) is 0.182. The number of halogens is 1. The second-order valence-electron chi connectivity index (χ2n) is 7.19. The standard InChI is InChI=1S/C22H20ClN5O4/c1-2-3-7-18(29)24-16-6-4-5-12-10-17(25-19(12)16)21(30)26-15-9-8-13(23)11-14(15)20-27-22(31)32-28-20/h4-6,8-11,25H,2-3,7H2,1H3,(H,24,29)(H,26,30)(H,27,28,31). The zero-order valence-corrected chi connectivity index (χ0v) is 17.9. The summed E-state index contributed by atoms with van der Waals surface area (Å²) in [5.74, 6) is -1.07. The Labute approximate surface area is 187 Å². The van der Waals surface area contributed by atoms with E-state index in [1.807, 2.05) is 19.1 Å². The number of benzene rings is 2. The third-order valence-corrected chi connectivity index (χ3v) is 5.09. The van der Waals surface area contributed by atoms with Crippen molar-refractivity contribution in [2.45, 2.75) is 26.2 Å². The molecule has 0 aliphatic heterocycles. The van der Waals surface area contributed by atoms with Crippen LogP contribution in [0.15, 0.2) is 51.8 Å². The molecule has 2 aromatic heterocycles. The molecule has 0 fully saturated rings. The third kappa shape index (κ3) is 4.57. The average Bonchev–Trinajstić information content (AvgIpc) is 3.40. The van der Waals surface area contributed by atoms with E-state index in [0.717, 1.165) is 18.2 Å². The highest BCUT2D eigenvalue weighted by Gasteiger charge is 2.17. The van der Waals surface area contributed by atoms with Gasteiger partial charge in [0.15, 0.2) is 5.82 Å². The molecule has 2 aromatic carbocycles. The van der Waals surface area contributed by atoms with Crippen LogP contribution < -0.4 is 16.4 Å². The number of anilines is 2. The van der Waals surface area contributed by atoms with Crippen LogP contribution in [0.3, 0.4) is 0 Å². The minimum atomic E-state index is -0.721.